The zero-order chi connectivity index (χ0) is 17.4. The molecule has 1 fully saturated rings. The molecule has 1 saturated heterocycles. The summed E-state index contributed by atoms with van der Waals surface area (Å²) in [6.45, 7) is 1.32. The van der Waals surface area contributed by atoms with Crippen molar-refractivity contribution in [1.82, 2.24) is 19.5 Å². The first kappa shape index (κ1) is 16.4. The summed E-state index contributed by atoms with van der Waals surface area (Å²) in [6.07, 6.45) is 3.86. The van der Waals surface area contributed by atoms with Gasteiger partial charge in [0.2, 0.25) is 0 Å². The number of amides is 1. The predicted molar refractivity (Wildman–Crippen MR) is 97.3 cm³/mol. The normalized spacial score (nSPS) is 17.8. The summed E-state index contributed by atoms with van der Waals surface area (Å²) in [7, 11) is 0. The predicted octanol–water partition coefficient (Wildman–Crippen LogP) is 4.06. The van der Waals surface area contributed by atoms with Gasteiger partial charge in [0.05, 0.1) is 10.6 Å². The van der Waals surface area contributed by atoms with Crippen LogP contribution in [0.25, 0.3) is 5.65 Å². The number of benzene rings is 1. The Labute approximate surface area is 155 Å². The Kier molecular flexibility index (Phi) is 4.36. The maximum atomic E-state index is 12.9. The highest BCUT2D eigenvalue weighted by molar-refractivity contribution is 6.36. The highest BCUT2D eigenvalue weighted by Crippen LogP contribution is 2.29. The second-order valence-corrected chi connectivity index (χ2v) is 7.05. The Balaban J connectivity index is 1.59. The second-order valence-electron chi connectivity index (χ2n) is 6.20. The van der Waals surface area contributed by atoms with Crippen molar-refractivity contribution in [1.29, 1.82) is 0 Å². The molecule has 1 aromatic carbocycles. The molecule has 3 aromatic rings. The van der Waals surface area contributed by atoms with Gasteiger partial charge in [-0.15, -0.1) is 10.2 Å². The van der Waals surface area contributed by atoms with Crippen molar-refractivity contribution in [3.63, 3.8) is 0 Å². The fraction of sp³-hybridized carbons (Fsp3) is 0.278. The van der Waals surface area contributed by atoms with E-state index in [9.17, 15) is 4.79 Å². The minimum Gasteiger partial charge on any atom is -0.338 e. The SMILES string of the molecule is O=C(c1ccc(Cl)cc1Cl)N1CCC[C@H](c2nnc3ccccn23)C1. The molecular weight excluding hydrogens is 359 g/mol. The molecule has 0 bridgehead atoms. The van der Waals surface area contributed by atoms with E-state index in [0.717, 1.165) is 24.3 Å². The number of piperidine rings is 1. The van der Waals surface area contributed by atoms with Crippen molar-refractivity contribution >= 4 is 34.8 Å². The Bertz CT molecular complexity index is 940. The van der Waals surface area contributed by atoms with Gasteiger partial charge in [-0.05, 0) is 43.2 Å². The number of aromatic nitrogens is 3. The molecule has 3 heterocycles. The number of likely N-dealkylation sites (tertiary alicyclic amines) is 1. The Morgan fingerprint density at radius 2 is 2.04 bits per heavy atom. The zero-order valence-electron chi connectivity index (χ0n) is 13.4. The number of hydrogen-bond donors (Lipinski definition) is 0. The number of halogens is 2. The number of hydrogen-bond acceptors (Lipinski definition) is 3. The third-order valence-corrected chi connectivity index (χ3v) is 5.12. The fourth-order valence-corrected chi connectivity index (χ4v) is 3.83. The number of nitrogens with zero attached hydrogens (tertiary/aromatic N) is 4. The zero-order valence-corrected chi connectivity index (χ0v) is 14.9. The fourth-order valence-electron chi connectivity index (χ4n) is 3.34. The van der Waals surface area contributed by atoms with Crippen molar-refractivity contribution in [3.05, 3.63) is 64.0 Å². The largest absolute Gasteiger partial charge is 0.338 e. The van der Waals surface area contributed by atoms with Crippen molar-refractivity contribution in [3.8, 4) is 0 Å². The van der Waals surface area contributed by atoms with E-state index in [4.69, 9.17) is 23.2 Å². The van der Waals surface area contributed by atoms with Crippen LogP contribution in [0.1, 0.15) is 34.9 Å². The van der Waals surface area contributed by atoms with Crippen molar-refractivity contribution in [2.75, 3.05) is 13.1 Å². The van der Waals surface area contributed by atoms with Crippen LogP contribution < -0.4 is 0 Å². The average Bonchev–Trinajstić information content (AvgIpc) is 3.05. The summed E-state index contributed by atoms with van der Waals surface area (Å²) in [5.41, 5.74) is 1.31. The maximum Gasteiger partial charge on any atom is 0.255 e. The summed E-state index contributed by atoms with van der Waals surface area (Å²) in [4.78, 5) is 14.7. The lowest BCUT2D eigenvalue weighted by Gasteiger charge is -2.32. The van der Waals surface area contributed by atoms with Crippen LogP contribution in [0.5, 0.6) is 0 Å². The van der Waals surface area contributed by atoms with Gasteiger partial charge in [-0.25, -0.2) is 0 Å². The molecule has 1 aliphatic rings. The lowest BCUT2D eigenvalue weighted by Crippen LogP contribution is -2.39. The first-order chi connectivity index (χ1) is 12.1. The summed E-state index contributed by atoms with van der Waals surface area (Å²) < 4.78 is 1.99. The van der Waals surface area contributed by atoms with Crippen LogP contribution in [0, 0.1) is 0 Å². The first-order valence-corrected chi connectivity index (χ1v) is 8.93. The van der Waals surface area contributed by atoms with Gasteiger partial charge in [0.25, 0.3) is 5.91 Å². The van der Waals surface area contributed by atoms with Gasteiger partial charge in [0.1, 0.15) is 5.82 Å². The van der Waals surface area contributed by atoms with E-state index in [-0.39, 0.29) is 11.8 Å². The van der Waals surface area contributed by atoms with E-state index in [2.05, 4.69) is 10.2 Å². The Morgan fingerprint density at radius 3 is 2.88 bits per heavy atom. The van der Waals surface area contributed by atoms with Crippen LogP contribution in [-0.2, 0) is 0 Å². The van der Waals surface area contributed by atoms with Gasteiger partial charge in [0.15, 0.2) is 5.65 Å². The molecule has 1 atom stereocenters. The van der Waals surface area contributed by atoms with Gasteiger partial charge >= 0.3 is 0 Å². The molecule has 0 radical (unpaired) electrons. The molecule has 25 heavy (non-hydrogen) atoms. The Hall–Kier alpha value is -2.11. The van der Waals surface area contributed by atoms with Crippen molar-refractivity contribution < 1.29 is 4.79 Å². The summed E-state index contributed by atoms with van der Waals surface area (Å²) in [5.74, 6) is 0.983. The molecule has 0 aliphatic carbocycles. The van der Waals surface area contributed by atoms with E-state index in [1.807, 2.05) is 33.7 Å². The van der Waals surface area contributed by atoms with Crippen LogP contribution in [0.4, 0.5) is 0 Å². The molecule has 0 spiro atoms. The van der Waals surface area contributed by atoms with Gasteiger partial charge in [0, 0.05) is 30.2 Å². The number of rotatable bonds is 2. The van der Waals surface area contributed by atoms with Crippen molar-refractivity contribution in [2.45, 2.75) is 18.8 Å². The van der Waals surface area contributed by atoms with E-state index >= 15 is 0 Å². The van der Waals surface area contributed by atoms with Gasteiger partial charge in [-0.2, -0.15) is 0 Å². The number of pyridine rings is 1. The van der Waals surface area contributed by atoms with E-state index in [0.29, 0.717) is 28.7 Å². The molecule has 0 saturated carbocycles. The minimum absolute atomic E-state index is 0.0693. The van der Waals surface area contributed by atoms with Crippen LogP contribution in [-0.4, -0.2) is 38.5 Å². The molecule has 1 amide bonds. The lowest BCUT2D eigenvalue weighted by molar-refractivity contribution is 0.0704. The van der Waals surface area contributed by atoms with E-state index in [1.54, 1.807) is 18.2 Å². The topological polar surface area (TPSA) is 50.5 Å². The molecule has 5 nitrogen and oxygen atoms in total. The standard InChI is InChI=1S/C18H16Cl2N4O/c19-13-6-7-14(15(20)10-13)18(25)23-8-3-4-12(11-23)17-22-21-16-5-1-2-9-24(16)17/h1-2,5-7,9-10,12H,3-4,8,11H2/t12-/m0/s1. The first-order valence-electron chi connectivity index (χ1n) is 8.17. The third kappa shape index (κ3) is 3.10. The molecule has 1 aliphatic heterocycles. The molecular formula is C18H16Cl2N4O. The number of fused-ring (bicyclic) bond motifs is 1. The number of carbonyl (C=O) groups excluding carboxylic acids is 1. The van der Waals surface area contributed by atoms with Crippen molar-refractivity contribution in [2.24, 2.45) is 0 Å². The van der Waals surface area contributed by atoms with Gasteiger partial charge in [-0.1, -0.05) is 29.3 Å². The van der Waals surface area contributed by atoms with Gasteiger partial charge in [-0.3, -0.25) is 9.20 Å². The molecule has 4 rings (SSSR count). The molecule has 0 N–H and O–H groups in total. The quantitative estimate of drug-likeness (QED) is 0.679. The molecule has 7 heteroatoms. The summed E-state index contributed by atoms with van der Waals surface area (Å²) in [5, 5.41) is 9.47. The van der Waals surface area contributed by atoms with E-state index in [1.165, 1.54) is 0 Å². The van der Waals surface area contributed by atoms with Crippen LogP contribution >= 0.6 is 23.2 Å². The van der Waals surface area contributed by atoms with Crippen LogP contribution in [0.15, 0.2) is 42.6 Å². The van der Waals surface area contributed by atoms with Gasteiger partial charge < -0.3 is 4.90 Å². The average molecular weight is 375 g/mol. The smallest absolute Gasteiger partial charge is 0.255 e. The van der Waals surface area contributed by atoms with Crippen LogP contribution in [0.3, 0.4) is 0 Å². The monoisotopic (exact) mass is 374 g/mol. The van der Waals surface area contributed by atoms with E-state index < -0.39 is 0 Å². The highest BCUT2D eigenvalue weighted by atomic mass is 35.5. The molecule has 2 aromatic heterocycles. The Morgan fingerprint density at radius 1 is 1.16 bits per heavy atom. The minimum atomic E-state index is -0.0693. The van der Waals surface area contributed by atoms with Crippen LogP contribution in [0.2, 0.25) is 10.0 Å². The second kappa shape index (κ2) is 6.65. The summed E-state index contributed by atoms with van der Waals surface area (Å²) >= 11 is 12.1. The molecule has 128 valence electrons. The maximum absolute atomic E-state index is 12.9. The lowest BCUT2D eigenvalue weighted by atomic mass is 9.96. The molecule has 0 unspecified atom stereocenters. The highest BCUT2D eigenvalue weighted by Gasteiger charge is 2.29. The summed E-state index contributed by atoms with van der Waals surface area (Å²) in [6, 6.07) is 10.8. The number of carbonyl (C=O) groups is 1. The third-order valence-electron chi connectivity index (χ3n) is 4.58.